The van der Waals surface area contributed by atoms with Crippen molar-refractivity contribution in [3.63, 3.8) is 0 Å². The summed E-state index contributed by atoms with van der Waals surface area (Å²) in [7, 11) is -3.23. The minimum Gasteiger partial charge on any atom is -0.368 e. The summed E-state index contributed by atoms with van der Waals surface area (Å²) < 4.78 is 36.0. The fourth-order valence-electron chi connectivity index (χ4n) is 1.72. The molecule has 0 unspecified atom stereocenters. The van der Waals surface area contributed by atoms with Crippen LogP contribution in [0.4, 0.5) is 10.3 Å². The van der Waals surface area contributed by atoms with E-state index in [9.17, 15) is 12.8 Å². The second-order valence-corrected chi connectivity index (χ2v) is 6.36. The quantitative estimate of drug-likeness (QED) is 0.919. The Morgan fingerprint density at radius 1 is 1.32 bits per heavy atom. The molecule has 0 amide bonds. The van der Waals surface area contributed by atoms with Crippen LogP contribution in [-0.2, 0) is 15.6 Å². The van der Waals surface area contributed by atoms with Gasteiger partial charge in [-0.05, 0) is 29.8 Å². The van der Waals surface area contributed by atoms with E-state index in [1.807, 2.05) is 0 Å². The number of nitrogen functional groups attached to an aromatic ring is 1. The Labute approximate surface area is 110 Å². The number of benzene rings is 1. The molecule has 1 aromatic heterocycles. The highest BCUT2D eigenvalue weighted by molar-refractivity contribution is 7.89. The lowest BCUT2D eigenvalue weighted by atomic mass is 10.1. The SMILES string of the molecule is CS(=O)(=O)Cc1cc(F)cc(-c2ccnc(N)n2)c1. The standard InChI is InChI=1S/C12H12FN3O2S/c1-19(17,18)7-8-4-9(6-10(13)5-8)11-2-3-15-12(14)16-11/h2-6H,7H2,1H3,(H2,14,15,16). The zero-order valence-electron chi connectivity index (χ0n) is 10.2. The van der Waals surface area contributed by atoms with Gasteiger partial charge in [0.2, 0.25) is 5.95 Å². The second kappa shape index (κ2) is 4.93. The first-order valence-electron chi connectivity index (χ1n) is 5.39. The summed E-state index contributed by atoms with van der Waals surface area (Å²) in [6.07, 6.45) is 2.55. The molecule has 0 aliphatic carbocycles. The van der Waals surface area contributed by atoms with E-state index in [-0.39, 0.29) is 11.7 Å². The van der Waals surface area contributed by atoms with Gasteiger partial charge in [0.1, 0.15) is 5.82 Å². The number of nitrogens with zero attached hydrogens (tertiary/aromatic N) is 2. The van der Waals surface area contributed by atoms with Gasteiger partial charge in [0.05, 0.1) is 11.4 Å². The largest absolute Gasteiger partial charge is 0.368 e. The van der Waals surface area contributed by atoms with Gasteiger partial charge in [-0.2, -0.15) is 0 Å². The smallest absolute Gasteiger partial charge is 0.220 e. The second-order valence-electron chi connectivity index (χ2n) is 4.22. The average Bonchev–Trinajstić information content (AvgIpc) is 2.25. The normalized spacial score (nSPS) is 11.5. The third-order valence-corrected chi connectivity index (χ3v) is 3.21. The van der Waals surface area contributed by atoms with Crippen molar-refractivity contribution in [2.75, 3.05) is 12.0 Å². The average molecular weight is 281 g/mol. The third-order valence-electron chi connectivity index (χ3n) is 2.36. The molecule has 0 aliphatic heterocycles. The molecule has 0 radical (unpaired) electrons. The number of rotatable bonds is 3. The van der Waals surface area contributed by atoms with E-state index >= 15 is 0 Å². The van der Waals surface area contributed by atoms with Crippen molar-refractivity contribution < 1.29 is 12.8 Å². The fourth-order valence-corrected chi connectivity index (χ4v) is 2.49. The third kappa shape index (κ3) is 3.72. The predicted molar refractivity (Wildman–Crippen MR) is 70.4 cm³/mol. The maximum Gasteiger partial charge on any atom is 0.220 e. The summed E-state index contributed by atoms with van der Waals surface area (Å²) in [6.45, 7) is 0. The van der Waals surface area contributed by atoms with Crippen LogP contribution in [0.15, 0.2) is 30.5 Å². The highest BCUT2D eigenvalue weighted by Crippen LogP contribution is 2.21. The topological polar surface area (TPSA) is 85.9 Å². The number of sulfone groups is 1. The van der Waals surface area contributed by atoms with Crippen molar-refractivity contribution in [1.29, 1.82) is 0 Å². The van der Waals surface area contributed by atoms with Gasteiger partial charge < -0.3 is 5.73 Å². The molecule has 100 valence electrons. The van der Waals surface area contributed by atoms with Crippen molar-refractivity contribution >= 4 is 15.8 Å². The molecule has 2 aromatic rings. The van der Waals surface area contributed by atoms with Crippen molar-refractivity contribution in [2.45, 2.75) is 5.75 Å². The summed E-state index contributed by atoms with van der Waals surface area (Å²) in [4.78, 5) is 7.72. The summed E-state index contributed by atoms with van der Waals surface area (Å²) in [5, 5.41) is 0. The predicted octanol–water partition coefficient (Wildman–Crippen LogP) is 1.41. The van der Waals surface area contributed by atoms with Crippen molar-refractivity contribution in [2.24, 2.45) is 0 Å². The molecule has 2 rings (SSSR count). The van der Waals surface area contributed by atoms with Crippen LogP contribution in [0.5, 0.6) is 0 Å². The highest BCUT2D eigenvalue weighted by atomic mass is 32.2. The van der Waals surface area contributed by atoms with E-state index in [0.717, 1.165) is 6.26 Å². The van der Waals surface area contributed by atoms with E-state index in [0.29, 0.717) is 16.8 Å². The van der Waals surface area contributed by atoms with Crippen LogP contribution < -0.4 is 5.73 Å². The Balaban J connectivity index is 2.47. The summed E-state index contributed by atoms with van der Waals surface area (Å²) in [5.41, 5.74) is 6.74. The minimum atomic E-state index is -3.23. The van der Waals surface area contributed by atoms with Crippen LogP contribution in [-0.4, -0.2) is 24.6 Å². The zero-order chi connectivity index (χ0) is 14.0. The maximum absolute atomic E-state index is 13.5. The molecule has 7 heteroatoms. The van der Waals surface area contributed by atoms with E-state index < -0.39 is 15.7 Å². The van der Waals surface area contributed by atoms with E-state index in [4.69, 9.17) is 5.73 Å². The van der Waals surface area contributed by atoms with E-state index in [1.165, 1.54) is 18.3 Å². The molecular formula is C12H12FN3O2S. The van der Waals surface area contributed by atoms with Crippen LogP contribution in [0.3, 0.4) is 0 Å². The molecular weight excluding hydrogens is 269 g/mol. The lowest BCUT2D eigenvalue weighted by Gasteiger charge is -2.05. The van der Waals surface area contributed by atoms with Gasteiger partial charge in [0.25, 0.3) is 0 Å². The van der Waals surface area contributed by atoms with Crippen molar-refractivity contribution in [1.82, 2.24) is 9.97 Å². The zero-order valence-corrected chi connectivity index (χ0v) is 11.0. The molecule has 2 N–H and O–H groups in total. The summed E-state index contributed by atoms with van der Waals surface area (Å²) in [6, 6.07) is 5.61. The number of hydrogen-bond acceptors (Lipinski definition) is 5. The van der Waals surface area contributed by atoms with Crippen LogP contribution in [0, 0.1) is 5.82 Å². The lowest BCUT2D eigenvalue weighted by molar-refractivity contribution is 0.600. The summed E-state index contributed by atoms with van der Waals surface area (Å²) in [5.74, 6) is -0.669. The number of nitrogens with two attached hydrogens (primary N) is 1. The molecule has 0 saturated heterocycles. The number of halogens is 1. The van der Waals surface area contributed by atoms with Gasteiger partial charge >= 0.3 is 0 Å². The fraction of sp³-hybridized carbons (Fsp3) is 0.167. The first kappa shape index (κ1) is 13.4. The molecule has 19 heavy (non-hydrogen) atoms. The molecule has 0 bridgehead atoms. The Hall–Kier alpha value is -2.02. The van der Waals surface area contributed by atoms with Crippen LogP contribution in [0.1, 0.15) is 5.56 Å². The molecule has 1 heterocycles. The Bertz CT molecular complexity index is 717. The molecule has 0 aliphatic rings. The van der Waals surface area contributed by atoms with Crippen LogP contribution in [0.25, 0.3) is 11.3 Å². The summed E-state index contributed by atoms with van der Waals surface area (Å²) >= 11 is 0. The maximum atomic E-state index is 13.5. The van der Waals surface area contributed by atoms with Crippen molar-refractivity contribution in [3.8, 4) is 11.3 Å². The van der Waals surface area contributed by atoms with Crippen LogP contribution >= 0.6 is 0 Å². The molecule has 0 fully saturated rings. The first-order chi connectivity index (χ1) is 8.83. The molecule has 0 saturated carbocycles. The van der Waals surface area contributed by atoms with Gasteiger partial charge in [-0.1, -0.05) is 0 Å². The van der Waals surface area contributed by atoms with Crippen molar-refractivity contribution in [3.05, 3.63) is 41.8 Å². The van der Waals surface area contributed by atoms with Crippen LogP contribution in [0.2, 0.25) is 0 Å². The first-order valence-corrected chi connectivity index (χ1v) is 7.46. The molecule has 5 nitrogen and oxygen atoms in total. The van der Waals surface area contributed by atoms with Gasteiger partial charge in [-0.15, -0.1) is 0 Å². The molecule has 0 atom stereocenters. The van der Waals surface area contributed by atoms with Gasteiger partial charge in [0.15, 0.2) is 9.84 Å². The molecule has 1 aromatic carbocycles. The highest BCUT2D eigenvalue weighted by Gasteiger charge is 2.09. The molecule has 0 spiro atoms. The van der Waals surface area contributed by atoms with Gasteiger partial charge in [-0.3, -0.25) is 0 Å². The Kier molecular flexibility index (Phi) is 3.48. The van der Waals surface area contributed by atoms with Gasteiger partial charge in [0, 0.05) is 18.0 Å². The number of aromatic nitrogens is 2. The monoisotopic (exact) mass is 281 g/mol. The van der Waals surface area contributed by atoms with Gasteiger partial charge in [-0.25, -0.2) is 22.8 Å². The Morgan fingerprint density at radius 3 is 2.68 bits per heavy atom. The number of hydrogen-bond donors (Lipinski definition) is 1. The Morgan fingerprint density at radius 2 is 2.05 bits per heavy atom. The minimum absolute atomic E-state index is 0.0754. The lowest BCUT2D eigenvalue weighted by Crippen LogP contribution is -2.02. The van der Waals surface area contributed by atoms with E-state index in [2.05, 4.69) is 9.97 Å². The number of anilines is 1. The van der Waals surface area contributed by atoms with E-state index in [1.54, 1.807) is 12.1 Å².